The third-order valence-electron chi connectivity index (χ3n) is 3.43. The maximum absolute atomic E-state index is 12.0. The number of benzene rings is 1. The Balaban J connectivity index is 0.00000211. The van der Waals surface area contributed by atoms with Gasteiger partial charge in [-0.05, 0) is 36.6 Å². The molecule has 0 bridgehead atoms. The molecule has 0 spiro atoms. The molecule has 0 fully saturated rings. The SMILES string of the molecule is CC.CCC(C)(C)C(=O)/C=C/c1ccc(/C=C/C(C)=O)cc1. The second-order valence-corrected chi connectivity index (χ2v) is 5.55. The molecule has 2 nitrogen and oxygen atoms in total. The zero-order valence-electron chi connectivity index (χ0n) is 14.6. The van der Waals surface area contributed by atoms with Crippen molar-refractivity contribution in [3.05, 3.63) is 47.5 Å². The summed E-state index contributed by atoms with van der Waals surface area (Å²) in [6.07, 6.45) is 7.62. The van der Waals surface area contributed by atoms with Gasteiger partial charge in [0, 0.05) is 5.41 Å². The van der Waals surface area contributed by atoms with Crippen molar-refractivity contribution in [3.8, 4) is 0 Å². The predicted molar refractivity (Wildman–Crippen MR) is 95.6 cm³/mol. The minimum Gasteiger partial charge on any atom is -0.295 e. The maximum Gasteiger partial charge on any atom is 0.161 e. The Morgan fingerprint density at radius 2 is 1.36 bits per heavy atom. The van der Waals surface area contributed by atoms with Crippen molar-refractivity contribution in [2.24, 2.45) is 5.41 Å². The molecule has 0 heterocycles. The van der Waals surface area contributed by atoms with Gasteiger partial charge in [0.15, 0.2) is 11.6 Å². The molecular weight excluding hydrogens is 272 g/mol. The van der Waals surface area contributed by atoms with E-state index in [1.807, 2.05) is 65.0 Å². The summed E-state index contributed by atoms with van der Waals surface area (Å²) >= 11 is 0. The lowest BCUT2D eigenvalue weighted by atomic mass is 9.85. The minimum absolute atomic E-state index is 0.0290. The molecular formula is C20H28O2. The second kappa shape index (κ2) is 9.88. The van der Waals surface area contributed by atoms with E-state index >= 15 is 0 Å². The van der Waals surface area contributed by atoms with E-state index in [1.54, 1.807) is 12.2 Å². The van der Waals surface area contributed by atoms with E-state index in [0.717, 1.165) is 17.5 Å². The topological polar surface area (TPSA) is 34.1 Å². The molecule has 0 radical (unpaired) electrons. The number of rotatable bonds is 6. The fourth-order valence-electron chi connectivity index (χ4n) is 1.50. The summed E-state index contributed by atoms with van der Waals surface area (Å²) in [5.41, 5.74) is 1.64. The molecule has 0 atom stereocenters. The standard InChI is InChI=1S/C18H22O2.C2H6/c1-5-18(3,4)17(20)13-12-16-10-8-15(9-11-16)7-6-14(2)19;1-2/h6-13H,5H2,1-4H3;1-2H3/b7-6+,13-12+;. The van der Waals surface area contributed by atoms with Gasteiger partial charge in [0.2, 0.25) is 0 Å². The summed E-state index contributed by atoms with van der Waals surface area (Å²) in [7, 11) is 0. The molecule has 2 heteroatoms. The fourth-order valence-corrected chi connectivity index (χ4v) is 1.50. The smallest absolute Gasteiger partial charge is 0.161 e. The highest BCUT2D eigenvalue weighted by Gasteiger charge is 2.22. The molecule has 0 N–H and O–H groups in total. The van der Waals surface area contributed by atoms with Gasteiger partial charge in [0.25, 0.3) is 0 Å². The van der Waals surface area contributed by atoms with Crippen molar-refractivity contribution < 1.29 is 9.59 Å². The van der Waals surface area contributed by atoms with Crippen molar-refractivity contribution in [2.75, 3.05) is 0 Å². The van der Waals surface area contributed by atoms with Crippen LogP contribution >= 0.6 is 0 Å². The van der Waals surface area contributed by atoms with Gasteiger partial charge in [-0.2, -0.15) is 0 Å². The number of allylic oxidation sites excluding steroid dienone is 2. The number of ketones is 2. The molecule has 0 aromatic heterocycles. The van der Waals surface area contributed by atoms with Crippen LogP contribution in [0.4, 0.5) is 0 Å². The Hall–Kier alpha value is -1.96. The number of carbonyl (C=O) groups is 2. The first-order valence-electron chi connectivity index (χ1n) is 7.86. The van der Waals surface area contributed by atoms with Crippen LogP contribution in [0.15, 0.2) is 36.4 Å². The molecule has 0 amide bonds. The molecule has 0 aliphatic heterocycles. The monoisotopic (exact) mass is 300 g/mol. The van der Waals surface area contributed by atoms with Crippen LogP contribution in [0, 0.1) is 5.41 Å². The van der Waals surface area contributed by atoms with Crippen molar-refractivity contribution in [1.29, 1.82) is 0 Å². The molecule has 0 aliphatic rings. The largest absolute Gasteiger partial charge is 0.295 e. The predicted octanol–water partition coefficient (Wildman–Crippen LogP) is 5.33. The third kappa shape index (κ3) is 7.16. The molecule has 0 saturated heterocycles. The zero-order chi connectivity index (χ0) is 17.2. The first-order chi connectivity index (χ1) is 10.3. The van der Waals surface area contributed by atoms with Crippen LogP contribution in [0.3, 0.4) is 0 Å². The average molecular weight is 300 g/mol. The van der Waals surface area contributed by atoms with E-state index in [2.05, 4.69) is 0 Å². The van der Waals surface area contributed by atoms with Crippen LogP contribution in [0.1, 0.15) is 59.1 Å². The highest BCUT2D eigenvalue weighted by molar-refractivity contribution is 5.97. The van der Waals surface area contributed by atoms with Crippen molar-refractivity contribution >= 4 is 23.7 Å². The summed E-state index contributed by atoms with van der Waals surface area (Å²) in [5.74, 6) is 0.168. The molecule has 1 rings (SSSR count). The fraction of sp³-hybridized carbons (Fsp3) is 0.400. The second-order valence-electron chi connectivity index (χ2n) is 5.55. The first-order valence-corrected chi connectivity index (χ1v) is 7.86. The van der Waals surface area contributed by atoms with Crippen LogP contribution < -0.4 is 0 Å². The summed E-state index contributed by atoms with van der Waals surface area (Å²) in [5, 5.41) is 0. The number of hydrogen-bond donors (Lipinski definition) is 0. The van der Waals surface area contributed by atoms with Crippen molar-refractivity contribution in [3.63, 3.8) is 0 Å². The lowest BCUT2D eigenvalue weighted by molar-refractivity contribution is -0.122. The number of hydrogen-bond acceptors (Lipinski definition) is 2. The zero-order valence-corrected chi connectivity index (χ0v) is 14.6. The van der Waals surface area contributed by atoms with Crippen molar-refractivity contribution in [2.45, 2.75) is 48.0 Å². The van der Waals surface area contributed by atoms with Gasteiger partial charge in [-0.1, -0.05) is 71.0 Å². The molecule has 0 saturated carbocycles. The minimum atomic E-state index is -0.305. The summed E-state index contributed by atoms with van der Waals surface area (Å²) in [6.45, 7) is 11.4. The van der Waals surface area contributed by atoms with Gasteiger partial charge in [0.1, 0.15) is 0 Å². The van der Waals surface area contributed by atoms with E-state index in [9.17, 15) is 9.59 Å². The Morgan fingerprint density at radius 1 is 0.955 bits per heavy atom. The van der Waals surface area contributed by atoms with E-state index in [0.29, 0.717) is 0 Å². The Labute approximate surface area is 134 Å². The van der Waals surface area contributed by atoms with Crippen LogP contribution in [-0.4, -0.2) is 11.6 Å². The third-order valence-corrected chi connectivity index (χ3v) is 3.43. The molecule has 120 valence electrons. The first kappa shape index (κ1) is 20.0. The lowest BCUT2D eigenvalue weighted by Crippen LogP contribution is -2.20. The van der Waals surface area contributed by atoms with E-state index in [-0.39, 0.29) is 17.0 Å². The van der Waals surface area contributed by atoms with E-state index in [1.165, 1.54) is 13.0 Å². The van der Waals surface area contributed by atoms with Crippen LogP contribution in [-0.2, 0) is 9.59 Å². The Kier molecular flexibility index (Phi) is 9.00. The summed E-state index contributed by atoms with van der Waals surface area (Å²) in [4.78, 5) is 22.8. The molecule has 22 heavy (non-hydrogen) atoms. The van der Waals surface area contributed by atoms with Gasteiger partial charge in [-0.15, -0.1) is 0 Å². The quantitative estimate of drug-likeness (QED) is 0.665. The van der Waals surface area contributed by atoms with E-state index < -0.39 is 0 Å². The highest BCUT2D eigenvalue weighted by atomic mass is 16.1. The molecule has 0 aliphatic carbocycles. The van der Waals surface area contributed by atoms with Crippen molar-refractivity contribution in [1.82, 2.24) is 0 Å². The molecule has 1 aromatic carbocycles. The van der Waals surface area contributed by atoms with Gasteiger partial charge in [0.05, 0.1) is 0 Å². The molecule has 0 unspecified atom stereocenters. The normalized spacial score (nSPS) is 11.4. The van der Waals surface area contributed by atoms with Gasteiger partial charge >= 0.3 is 0 Å². The number of carbonyl (C=O) groups excluding carboxylic acids is 2. The summed E-state index contributed by atoms with van der Waals surface area (Å²) in [6, 6.07) is 7.72. The van der Waals surface area contributed by atoms with Gasteiger partial charge < -0.3 is 0 Å². The van der Waals surface area contributed by atoms with E-state index in [4.69, 9.17) is 0 Å². The molecule has 1 aromatic rings. The highest BCUT2D eigenvalue weighted by Crippen LogP contribution is 2.22. The lowest BCUT2D eigenvalue weighted by Gasteiger charge is -2.18. The van der Waals surface area contributed by atoms with Crippen LogP contribution in [0.5, 0.6) is 0 Å². The van der Waals surface area contributed by atoms with Crippen LogP contribution in [0.25, 0.3) is 12.2 Å². The maximum atomic E-state index is 12.0. The average Bonchev–Trinajstić information content (AvgIpc) is 2.53. The van der Waals surface area contributed by atoms with Gasteiger partial charge in [-0.3, -0.25) is 9.59 Å². The Bertz CT molecular complexity index is 531. The van der Waals surface area contributed by atoms with Gasteiger partial charge in [-0.25, -0.2) is 0 Å². The van der Waals surface area contributed by atoms with Crippen LogP contribution in [0.2, 0.25) is 0 Å². The Morgan fingerprint density at radius 3 is 1.73 bits per heavy atom. The summed E-state index contributed by atoms with van der Waals surface area (Å²) < 4.78 is 0.